The molecule has 0 saturated heterocycles. The van der Waals surface area contributed by atoms with Crippen molar-refractivity contribution in [2.45, 2.75) is 6.54 Å². The van der Waals surface area contributed by atoms with Gasteiger partial charge in [-0.05, 0) is 29.8 Å². The van der Waals surface area contributed by atoms with Gasteiger partial charge in [0.05, 0.1) is 11.1 Å². The van der Waals surface area contributed by atoms with E-state index in [9.17, 15) is 9.18 Å². The summed E-state index contributed by atoms with van der Waals surface area (Å²) in [6.07, 6.45) is 1.71. The van der Waals surface area contributed by atoms with Crippen LogP contribution in [0.2, 0.25) is 0 Å². The second-order valence-corrected chi connectivity index (χ2v) is 4.70. The Bertz CT molecular complexity index is 801. The van der Waals surface area contributed by atoms with Crippen LogP contribution in [0.4, 0.5) is 4.39 Å². The summed E-state index contributed by atoms with van der Waals surface area (Å²) < 4.78 is 13.5. The Labute approximate surface area is 121 Å². The van der Waals surface area contributed by atoms with Gasteiger partial charge in [0.1, 0.15) is 5.82 Å². The Balaban J connectivity index is 1.74. The summed E-state index contributed by atoms with van der Waals surface area (Å²) in [5.41, 5.74) is 1.83. The minimum Gasteiger partial charge on any atom is -0.348 e. The van der Waals surface area contributed by atoms with Crippen LogP contribution in [0.25, 0.3) is 10.9 Å². The maximum Gasteiger partial charge on any atom is 0.254 e. The first-order valence-electron chi connectivity index (χ1n) is 6.60. The van der Waals surface area contributed by atoms with Crippen LogP contribution in [0.1, 0.15) is 15.9 Å². The second-order valence-electron chi connectivity index (χ2n) is 4.70. The third kappa shape index (κ3) is 2.89. The Morgan fingerprint density at radius 2 is 1.86 bits per heavy atom. The number of amides is 1. The maximum atomic E-state index is 13.5. The number of fused-ring (bicyclic) bond motifs is 1. The number of carbonyl (C=O) groups is 1. The zero-order valence-electron chi connectivity index (χ0n) is 11.2. The maximum absolute atomic E-state index is 13.5. The molecule has 0 unspecified atom stereocenters. The highest BCUT2D eigenvalue weighted by molar-refractivity contribution is 5.94. The van der Waals surface area contributed by atoms with Crippen LogP contribution in [0.3, 0.4) is 0 Å². The average molecular weight is 280 g/mol. The molecular weight excluding hydrogens is 267 g/mol. The van der Waals surface area contributed by atoms with E-state index in [0.29, 0.717) is 6.54 Å². The number of carbonyl (C=O) groups excluding carboxylic acids is 1. The molecule has 0 spiro atoms. The van der Waals surface area contributed by atoms with E-state index in [1.165, 1.54) is 12.1 Å². The third-order valence-corrected chi connectivity index (χ3v) is 3.22. The van der Waals surface area contributed by atoms with Crippen molar-refractivity contribution in [2.75, 3.05) is 0 Å². The number of nitrogens with one attached hydrogen (secondary N) is 1. The van der Waals surface area contributed by atoms with Gasteiger partial charge in [0.25, 0.3) is 5.91 Å². The van der Waals surface area contributed by atoms with Crippen molar-refractivity contribution in [3.8, 4) is 0 Å². The van der Waals surface area contributed by atoms with E-state index in [2.05, 4.69) is 10.3 Å². The summed E-state index contributed by atoms with van der Waals surface area (Å²) in [4.78, 5) is 16.3. The van der Waals surface area contributed by atoms with Crippen molar-refractivity contribution in [3.63, 3.8) is 0 Å². The minimum absolute atomic E-state index is 0.0475. The van der Waals surface area contributed by atoms with E-state index >= 15 is 0 Å². The fourth-order valence-electron chi connectivity index (χ4n) is 2.14. The van der Waals surface area contributed by atoms with Crippen LogP contribution in [-0.4, -0.2) is 10.9 Å². The third-order valence-electron chi connectivity index (χ3n) is 3.22. The number of nitrogens with zero attached hydrogens (tertiary/aromatic N) is 1. The monoisotopic (exact) mass is 280 g/mol. The molecule has 0 fully saturated rings. The smallest absolute Gasteiger partial charge is 0.254 e. The van der Waals surface area contributed by atoms with Gasteiger partial charge in [-0.25, -0.2) is 4.39 Å². The molecule has 104 valence electrons. The van der Waals surface area contributed by atoms with Gasteiger partial charge in [0.2, 0.25) is 0 Å². The number of pyridine rings is 1. The Hall–Kier alpha value is -2.75. The van der Waals surface area contributed by atoms with Crippen LogP contribution in [0.5, 0.6) is 0 Å². The highest BCUT2D eigenvalue weighted by atomic mass is 19.1. The number of hydrogen-bond donors (Lipinski definition) is 1. The lowest BCUT2D eigenvalue weighted by Gasteiger charge is -2.07. The molecule has 0 atom stereocenters. The molecule has 3 rings (SSSR count). The predicted octanol–water partition coefficient (Wildman–Crippen LogP) is 3.30. The number of para-hydroxylation sites is 1. The molecule has 21 heavy (non-hydrogen) atoms. The van der Waals surface area contributed by atoms with E-state index in [-0.39, 0.29) is 5.56 Å². The summed E-state index contributed by atoms with van der Waals surface area (Å²) >= 11 is 0. The quantitative estimate of drug-likeness (QED) is 0.799. The number of aromatic nitrogens is 1. The van der Waals surface area contributed by atoms with E-state index in [1.54, 1.807) is 18.3 Å². The van der Waals surface area contributed by atoms with Gasteiger partial charge in [-0.2, -0.15) is 0 Å². The first-order chi connectivity index (χ1) is 10.2. The van der Waals surface area contributed by atoms with E-state index in [0.717, 1.165) is 16.5 Å². The molecule has 1 aromatic heterocycles. The molecule has 0 aliphatic rings. The molecule has 1 heterocycles. The van der Waals surface area contributed by atoms with Gasteiger partial charge in [-0.15, -0.1) is 0 Å². The van der Waals surface area contributed by atoms with Crippen molar-refractivity contribution in [1.29, 1.82) is 0 Å². The lowest BCUT2D eigenvalue weighted by Crippen LogP contribution is -2.23. The van der Waals surface area contributed by atoms with Gasteiger partial charge in [0.15, 0.2) is 0 Å². The SMILES string of the molecule is O=C(NCc1cnc2ccccc2c1)c1ccccc1F. The highest BCUT2D eigenvalue weighted by Gasteiger charge is 2.10. The number of benzene rings is 2. The molecule has 0 aliphatic carbocycles. The molecule has 0 saturated carbocycles. The van der Waals surface area contributed by atoms with Gasteiger partial charge in [0, 0.05) is 18.1 Å². The number of hydrogen-bond acceptors (Lipinski definition) is 2. The molecule has 3 aromatic rings. The lowest BCUT2D eigenvalue weighted by molar-refractivity contribution is 0.0947. The lowest BCUT2D eigenvalue weighted by atomic mass is 10.1. The standard InChI is InChI=1S/C17H13FN2O/c18-15-7-3-2-6-14(15)17(21)20-11-12-9-13-5-1-4-8-16(13)19-10-12/h1-10H,11H2,(H,20,21). The normalized spacial score (nSPS) is 10.5. The van der Waals surface area contributed by atoms with Crippen LogP contribution in [-0.2, 0) is 6.54 Å². The fraction of sp³-hybridized carbons (Fsp3) is 0.0588. The fourth-order valence-corrected chi connectivity index (χ4v) is 2.14. The summed E-state index contributed by atoms with van der Waals surface area (Å²) in [7, 11) is 0. The Morgan fingerprint density at radius 3 is 2.71 bits per heavy atom. The zero-order valence-corrected chi connectivity index (χ0v) is 11.2. The van der Waals surface area contributed by atoms with E-state index in [4.69, 9.17) is 0 Å². The van der Waals surface area contributed by atoms with Gasteiger partial charge < -0.3 is 5.32 Å². The van der Waals surface area contributed by atoms with Crippen LogP contribution < -0.4 is 5.32 Å². The Kier molecular flexibility index (Phi) is 3.60. The molecule has 0 aliphatic heterocycles. The Morgan fingerprint density at radius 1 is 1.10 bits per heavy atom. The average Bonchev–Trinajstić information content (AvgIpc) is 2.53. The molecule has 1 amide bonds. The first-order valence-corrected chi connectivity index (χ1v) is 6.60. The molecule has 2 aromatic carbocycles. The zero-order chi connectivity index (χ0) is 14.7. The van der Waals surface area contributed by atoms with Crippen molar-refractivity contribution < 1.29 is 9.18 Å². The molecule has 1 N–H and O–H groups in total. The number of halogens is 1. The van der Waals surface area contributed by atoms with Gasteiger partial charge in [-0.3, -0.25) is 9.78 Å². The van der Waals surface area contributed by atoms with Crippen LogP contribution >= 0.6 is 0 Å². The van der Waals surface area contributed by atoms with Crippen molar-refractivity contribution in [3.05, 3.63) is 77.7 Å². The van der Waals surface area contributed by atoms with E-state index in [1.807, 2.05) is 30.3 Å². The van der Waals surface area contributed by atoms with Crippen molar-refractivity contribution >= 4 is 16.8 Å². The van der Waals surface area contributed by atoms with Crippen LogP contribution in [0, 0.1) is 5.82 Å². The molecule has 3 nitrogen and oxygen atoms in total. The summed E-state index contributed by atoms with van der Waals surface area (Å²) in [6, 6.07) is 15.6. The number of rotatable bonds is 3. The molecule has 0 bridgehead atoms. The highest BCUT2D eigenvalue weighted by Crippen LogP contribution is 2.13. The van der Waals surface area contributed by atoms with Gasteiger partial charge in [-0.1, -0.05) is 30.3 Å². The van der Waals surface area contributed by atoms with Crippen LogP contribution in [0.15, 0.2) is 60.8 Å². The summed E-state index contributed by atoms with van der Waals surface area (Å²) in [5, 5.41) is 3.71. The predicted molar refractivity (Wildman–Crippen MR) is 79.3 cm³/mol. The topological polar surface area (TPSA) is 42.0 Å². The van der Waals surface area contributed by atoms with E-state index < -0.39 is 11.7 Å². The minimum atomic E-state index is -0.522. The first kappa shape index (κ1) is 13.2. The van der Waals surface area contributed by atoms with Gasteiger partial charge >= 0.3 is 0 Å². The molecule has 0 radical (unpaired) electrons. The summed E-state index contributed by atoms with van der Waals surface area (Å²) in [6.45, 7) is 0.311. The largest absolute Gasteiger partial charge is 0.348 e. The van der Waals surface area contributed by atoms with Crippen molar-refractivity contribution in [2.24, 2.45) is 0 Å². The second kappa shape index (κ2) is 5.71. The summed E-state index contributed by atoms with van der Waals surface area (Å²) in [5.74, 6) is -0.951. The van der Waals surface area contributed by atoms with Crippen molar-refractivity contribution in [1.82, 2.24) is 10.3 Å². The molecular formula is C17H13FN2O. The molecule has 4 heteroatoms.